The predicted octanol–water partition coefficient (Wildman–Crippen LogP) is 1.67. The summed E-state index contributed by atoms with van der Waals surface area (Å²) < 4.78 is 26.6. The number of anilines is 1. The van der Waals surface area contributed by atoms with E-state index in [0.29, 0.717) is 18.3 Å². The Morgan fingerprint density at radius 3 is 2.60 bits per heavy atom. The van der Waals surface area contributed by atoms with E-state index in [-0.39, 0.29) is 4.90 Å². The van der Waals surface area contributed by atoms with Gasteiger partial charge in [0.15, 0.2) is 0 Å². The summed E-state index contributed by atoms with van der Waals surface area (Å²) >= 11 is 0. The second-order valence-corrected chi connectivity index (χ2v) is 7.02. The molecule has 3 N–H and O–H groups in total. The van der Waals surface area contributed by atoms with Gasteiger partial charge in [-0.15, -0.1) is 0 Å². The molecule has 6 heteroatoms. The van der Waals surface area contributed by atoms with Crippen LogP contribution in [0, 0.1) is 0 Å². The zero-order chi connectivity index (χ0) is 15.2. The third-order valence-electron chi connectivity index (χ3n) is 3.28. The molecule has 1 aromatic rings. The highest BCUT2D eigenvalue weighted by molar-refractivity contribution is 7.89. The maximum Gasteiger partial charge on any atom is 0.240 e. The van der Waals surface area contributed by atoms with Crippen LogP contribution in [0.4, 0.5) is 5.69 Å². The summed E-state index contributed by atoms with van der Waals surface area (Å²) in [5.41, 5.74) is 6.05. The maximum atomic E-state index is 12.0. The van der Waals surface area contributed by atoms with Gasteiger partial charge < -0.3 is 10.6 Å². The molecule has 0 aliphatic heterocycles. The molecule has 1 rings (SSSR count). The van der Waals surface area contributed by atoms with Crippen molar-refractivity contribution in [2.45, 2.75) is 37.6 Å². The van der Waals surface area contributed by atoms with E-state index >= 15 is 0 Å². The van der Waals surface area contributed by atoms with Crippen LogP contribution >= 0.6 is 0 Å². The van der Waals surface area contributed by atoms with Crippen LogP contribution in [-0.2, 0) is 10.0 Å². The molecule has 0 saturated heterocycles. The maximum absolute atomic E-state index is 12.0. The van der Waals surface area contributed by atoms with E-state index in [1.807, 2.05) is 0 Å². The lowest BCUT2D eigenvalue weighted by Gasteiger charge is -2.20. The monoisotopic (exact) mass is 299 g/mol. The second kappa shape index (κ2) is 7.61. The molecule has 0 spiro atoms. The van der Waals surface area contributed by atoms with Gasteiger partial charge in [-0.2, -0.15) is 0 Å². The predicted molar refractivity (Wildman–Crippen MR) is 83.0 cm³/mol. The molecule has 0 atom stereocenters. The highest BCUT2D eigenvalue weighted by Gasteiger charge is 2.13. The molecule has 1 aromatic carbocycles. The van der Waals surface area contributed by atoms with Crippen molar-refractivity contribution >= 4 is 15.7 Å². The Hall–Kier alpha value is -1.11. The summed E-state index contributed by atoms with van der Waals surface area (Å²) in [4.78, 5) is 2.46. The summed E-state index contributed by atoms with van der Waals surface area (Å²) in [6.45, 7) is 5.70. The zero-order valence-corrected chi connectivity index (χ0v) is 13.3. The van der Waals surface area contributed by atoms with Crippen LogP contribution in [0.5, 0.6) is 0 Å². The summed E-state index contributed by atoms with van der Waals surface area (Å²) in [5, 5.41) is 0. The van der Waals surface area contributed by atoms with E-state index in [9.17, 15) is 8.42 Å². The largest absolute Gasteiger partial charge is 0.399 e. The van der Waals surface area contributed by atoms with E-state index in [4.69, 9.17) is 5.73 Å². The van der Waals surface area contributed by atoms with Gasteiger partial charge in [0, 0.05) is 18.3 Å². The molecule has 0 fully saturated rings. The fraction of sp³-hybridized carbons (Fsp3) is 0.571. The van der Waals surface area contributed by atoms with Gasteiger partial charge in [-0.05, 0) is 58.5 Å². The average molecular weight is 299 g/mol. The molecule has 20 heavy (non-hydrogen) atoms. The van der Waals surface area contributed by atoms with Crippen LogP contribution in [-0.4, -0.2) is 39.5 Å². The lowest BCUT2D eigenvalue weighted by Crippen LogP contribution is -2.29. The van der Waals surface area contributed by atoms with Gasteiger partial charge in [0.25, 0.3) is 0 Å². The van der Waals surface area contributed by atoms with Gasteiger partial charge in [-0.1, -0.05) is 6.07 Å². The third-order valence-corrected chi connectivity index (χ3v) is 4.74. The van der Waals surface area contributed by atoms with Crippen molar-refractivity contribution in [3.8, 4) is 0 Å². The Morgan fingerprint density at radius 1 is 1.30 bits per heavy atom. The second-order valence-electron chi connectivity index (χ2n) is 5.25. The minimum absolute atomic E-state index is 0.219. The zero-order valence-electron chi connectivity index (χ0n) is 12.5. The SMILES string of the molecule is CC(C)N(C)CCCCNS(=O)(=O)c1cccc(N)c1. The van der Waals surface area contributed by atoms with Crippen molar-refractivity contribution in [3.05, 3.63) is 24.3 Å². The van der Waals surface area contributed by atoms with Crippen LogP contribution in [0.25, 0.3) is 0 Å². The van der Waals surface area contributed by atoms with E-state index < -0.39 is 10.0 Å². The Labute approximate surface area is 122 Å². The minimum atomic E-state index is -3.44. The van der Waals surface area contributed by atoms with Crippen LogP contribution in [0.1, 0.15) is 26.7 Å². The molecule has 114 valence electrons. The van der Waals surface area contributed by atoms with Gasteiger partial charge in [0.05, 0.1) is 4.90 Å². The number of nitrogens with zero attached hydrogens (tertiary/aromatic N) is 1. The third kappa shape index (κ3) is 5.48. The number of hydrogen-bond donors (Lipinski definition) is 2. The topological polar surface area (TPSA) is 75.4 Å². The van der Waals surface area contributed by atoms with Gasteiger partial charge in [-0.3, -0.25) is 0 Å². The summed E-state index contributed by atoms with van der Waals surface area (Å²) in [7, 11) is -1.37. The Balaban J connectivity index is 2.38. The van der Waals surface area contributed by atoms with Gasteiger partial charge in [0.2, 0.25) is 10.0 Å². The first-order chi connectivity index (χ1) is 9.33. The van der Waals surface area contributed by atoms with E-state index in [1.165, 1.54) is 6.07 Å². The number of nitrogens with two attached hydrogens (primary N) is 1. The van der Waals surface area contributed by atoms with E-state index in [1.54, 1.807) is 18.2 Å². The molecule has 5 nitrogen and oxygen atoms in total. The van der Waals surface area contributed by atoms with Crippen molar-refractivity contribution in [1.29, 1.82) is 0 Å². The first kappa shape index (κ1) is 16.9. The number of nitrogens with one attached hydrogen (secondary N) is 1. The lowest BCUT2D eigenvalue weighted by atomic mass is 10.2. The molecular formula is C14H25N3O2S. The van der Waals surface area contributed by atoms with Crippen LogP contribution in [0.3, 0.4) is 0 Å². The Kier molecular flexibility index (Phi) is 6.45. The molecule has 0 aliphatic rings. The number of sulfonamides is 1. The number of rotatable bonds is 8. The first-order valence-electron chi connectivity index (χ1n) is 6.88. The van der Waals surface area contributed by atoms with Crippen LogP contribution < -0.4 is 10.5 Å². The Bertz CT molecular complexity index is 515. The standard InChI is InChI=1S/C14H25N3O2S/c1-12(2)17(3)10-5-4-9-16-20(18,19)14-8-6-7-13(15)11-14/h6-8,11-12,16H,4-5,9-10,15H2,1-3H3. The molecule has 0 unspecified atom stereocenters. The molecule has 0 bridgehead atoms. The van der Waals surface area contributed by atoms with Crippen LogP contribution in [0.2, 0.25) is 0 Å². The van der Waals surface area contributed by atoms with Crippen LogP contribution in [0.15, 0.2) is 29.2 Å². The molecule has 0 radical (unpaired) electrons. The average Bonchev–Trinajstić information content (AvgIpc) is 2.37. The molecule has 0 saturated carbocycles. The fourth-order valence-corrected chi connectivity index (χ4v) is 2.84. The molecule has 0 heterocycles. The van der Waals surface area contributed by atoms with Crippen molar-refractivity contribution < 1.29 is 8.42 Å². The van der Waals surface area contributed by atoms with Gasteiger partial charge >= 0.3 is 0 Å². The van der Waals surface area contributed by atoms with Crippen molar-refractivity contribution in [2.24, 2.45) is 0 Å². The molecular weight excluding hydrogens is 274 g/mol. The summed E-state index contributed by atoms with van der Waals surface area (Å²) in [6.07, 6.45) is 1.78. The van der Waals surface area contributed by atoms with E-state index in [0.717, 1.165) is 19.4 Å². The number of nitrogen functional groups attached to an aromatic ring is 1. The summed E-state index contributed by atoms with van der Waals surface area (Å²) in [5.74, 6) is 0. The quantitative estimate of drug-likeness (QED) is 0.565. The van der Waals surface area contributed by atoms with Gasteiger partial charge in [-0.25, -0.2) is 13.1 Å². The normalized spacial score (nSPS) is 12.2. The van der Waals surface area contributed by atoms with Crippen molar-refractivity contribution in [1.82, 2.24) is 9.62 Å². The Morgan fingerprint density at radius 2 is 2.00 bits per heavy atom. The number of unbranched alkanes of at least 4 members (excludes halogenated alkanes) is 1. The molecule has 0 amide bonds. The van der Waals surface area contributed by atoms with Gasteiger partial charge in [0.1, 0.15) is 0 Å². The molecule has 0 aromatic heterocycles. The van der Waals surface area contributed by atoms with Crippen molar-refractivity contribution in [3.63, 3.8) is 0 Å². The number of benzene rings is 1. The number of hydrogen-bond acceptors (Lipinski definition) is 4. The molecule has 0 aliphatic carbocycles. The van der Waals surface area contributed by atoms with Crippen molar-refractivity contribution in [2.75, 3.05) is 25.9 Å². The summed E-state index contributed by atoms with van der Waals surface area (Å²) in [6, 6.07) is 6.83. The lowest BCUT2D eigenvalue weighted by molar-refractivity contribution is 0.268. The fourth-order valence-electron chi connectivity index (χ4n) is 1.72. The minimum Gasteiger partial charge on any atom is -0.399 e. The first-order valence-corrected chi connectivity index (χ1v) is 8.36. The highest BCUT2D eigenvalue weighted by atomic mass is 32.2. The van der Waals surface area contributed by atoms with E-state index in [2.05, 4.69) is 30.5 Å². The highest BCUT2D eigenvalue weighted by Crippen LogP contribution is 2.12. The smallest absolute Gasteiger partial charge is 0.240 e.